The lowest BCUT2D eigenvalue weighted by Crippen LogP contribution is -2.14. The molecule has 0 saturated heterocycles. The number of ether oxygens (including phenoxy) is 1. The number of nitrogens with one attached hydrogen (secondary N) is 1. The summed E-state index contributed by atoms with van der Waals surface area (Å²) in [5.41, 5.74) is 1.14. The van der Waals surface area contributed by atoms with Crippen molar-refractivity contribution in [3.05, 3.63) is 35.0 Å². The van der Waals surface area contributed by atoms with Gasteiger partial charge in [0.05, 0.1) is 7.11 Å². The van der Waals surface area contributed by atoms with Crippen molar-refractivity contribution in [1.82, 2.24) is 10.3 Å². The summed E-state index contributed by atoms with van der Waals surface area (Å²) in [7, 11) is 1.61. The first-order chi connectivity index (χ1) is 6.72. The van der Waals surface area contributed by atoms with E-state index >= 15 is 0 Å². The smallest absolute Gasteiger partial charge is 0.213 e. The lowest BCUT2D eigenvalue weighted by atomic mass is 10.2. The van der Waals surface area contributed by atoms with Gasteiger partial charge in [-0.3, -0.25) is 0 Å². The van der Waals surface area contributed by atoms with Gasteiger partial charge in [0, 0.05) is 29.8 Å². The molecule has 1 aromatic rings. The summed E-state index contributed by atoms with van der Waals surface area (Å²) in [5.74, 6) is 0.641. The molecule has 0 fully saturated rings. The third-order valence-electron chi connectivity index (χ3n) is 1.65. The van der Waals surface area contributed by atoms with Crippen molar-refractivity contribution >= 4 is 15.9 Å². The van der Waals surface area contributed by atoms with Crippen molar-refractivity contribution in [1.29, 1.82) is 0 Å². The van der Waals surface area contributed by atoms with E-state index < -0.39 is 0 Å². The first-order valence-corrected chi connectivity index (χ1v) is 5.04. The predicted octanol–water partition coefficient (Wildman–Crippen LogP) is 2.09. The fraction of sp³-hybridized carbons (Fsp3) is 0.300. The van der Waals surface area contributed by atoms with Crippen LogP contribution in [0, 0.1) is 0 Å². The molecule has 76 valence electrons. The molecule has 0 radical (unpaired) electrons. The summed E-state index contributed by atoms with van der Waals surface area (Å²) in [6.45, 7) is 5.27. The average Bonchev–Trinajstić information content (AvgIpc) is 2.18. The molecule has 0 unspecified atom stereocenters. The van der Waals surface area contributed by atoms with E-state index in [-0.39, 0.29) is 0 Å². The molecule has 0 atom stereocenters. The molecule has 1 N–H and O–H groups in total. The molecule has 0 saturated carbocycles. The summed E-state index contributed by atoms with van der Waals surface area (Å²) in [6, 6.07) is 3.86. The second-order valence-corrected chi connectivity index (χ2v) is 3.95. The molecule has 1 aromatic heterocycles. The van der Waals surface area contributed by atoms with Gasteiger partial charge in [-0.1, -0.05) is 22.5 Å². The zero-order valence-electron chi connectivity index (χ0n) is 8.09. The second-order valence-electron chi connectivity index (χ2n) is 2.83. The number of halogens is 1. The van der Waals surface area contributed by atoms with Gasteiger partial charge in [-0.25, -0.2) is 4.98 Å². The Kier molecular flexibility index (Phi) is 4.62. The molecule has 0 aromatic carbocycles. The van der Waals surface area contributed by atoms with Crippen molar-refractivity contribution < 1.29 is 4.74 Å². The topological polar surface area (TPSA) is 34.2 Å². The van der Waals surface area contributed by atoms with E-state index in [1.165, 1.54) is 0 Å². The van der Waals surface area contributed by atoms with Crippen molar-refractivity contribution in [3.8, 4) is 5.88 Å². The standard InChI is InChI=1S/C10H13BrN2O/c1-8(11)6-12-7-9-3-4-13-10(5-9)14-2/h3-5,12H,1,6-7H2,2H3. The number of hydrogen-bond acceptors (Lipinski definition) is 3. The predicted molar refractivity (Wildman–Crippen MR) is 60.6 cm³/mol. The van der Waals surface area contributed by atoms with Gasteiger partial charge in [0.2, 0.25) is 5.88 Å². The zero-order chi connectivity index (χ0) is 10.4. The van der Waals surface area contributed by atoms with Gasteiger partial charge in [-0.05, 0) is 11.6 Å². The minimum absolute atomic E-state index is 0.641. The molecule has 0 bridgehead atoms. The molecule has 14 heavy (non-hydrogen) atoms. The first kappa shape index (κ1) is 11.2. The number of nitrogens with zero attached hydrogens (tertiary/aromatic N) is 1. The van der Waals surface area contributed by atoms with Crippen molar-refractivity contribution in [2.75, 3.05) is 13.7 Å². The lowest BCUT2D eigenvalue weighted by Gasteiger charge is -2.04. The Morgan fingerprint density at radius 2 is 2.50 bits per heavy atom. The molecule has 0 aliphatic heterocycles. The number of hydrogen-bond donors (Lipinski definition) is 1. The lowest BCUT2D eigenvalue weighted by molar-refractivity contribution is 0.397. The van der Waals surface area contributed by atoms with Gasteiger partial charge < -0.3 is 10.1 Å². The van der Waals surface area contributed by atoms with Crippen LogP contribution in [0.5, 0.6) is 5.88 Å². The Balaban J connectivity index is 2.46. The van der Waals surface area contributed by atoms with E-state index in [1.54, 1.807) is 13.3 Å². The highest BCUT2D eigenvalue weighted by Gasteiger charge is 1.96. The Morgan fingerprint density at radius 1 is 1.71 bits per heavy atom. The van der Waals surface area contributed by atoms with Crippen LogP contribution >= 0.6 is 15.9 Å². The largest absolute Gasteiger partial charge is 0.481 e. The van der Waals surface area contributed by atoms with Gasteiger partial charge >= 0.3 is 0 Å². The minimum atomic E-state index is 0.641. The number of aromatic nitrogens is 1. The van der Waals surface area contributed by atoms with Crippen molar-refractivity contribution in [2.24, 2.45) is 0 Å². The maximum atomic E-state index is 5.02. The van der Waals surface area contributed by atoms with Crippen LogP contribution in [-0.4, -0.2) is 18.6 Å². The van der Waals surface area contributed by atoms with E-state index in [1.807, 2.05) is 12.1 Å². The van der Waals surface area contributed by atoms with Crippen LogP contribution in [0.2, 0.25) is 0 Å². The molecule has 3 nitrogen and oxygen atoms in total. The van der Waals surface area contributed by atoms with E-state index in [0.717, 1.165) is 23.1 Å². The summed E-state index contributed by atoms with van der Waals surface area (Å²) in [6.07, 6.45) is 1.73. The van der Waals surface area contributed by atoms with Gasteiger partial charge in [0.25, 0.3) is 0 Å². The van der Waals surface area contributed by atoms with Crippen LogP contribution < -0.4 is 10.1 Å². The Bertz CT molecular complexity index is 315. The Labute approximate surface area is 92.3 Å². The van der Waals surface area contributed by atoms with Gasteiger partial charge in [-0.2, -0.15) is 0 Å². The molecule has 0 spiro atoms. The molecule has 1 heterocycles. The fourth-order valence-electron chi connectivity index (χ4n) is 1.01. The van der Waals surface area contributed by atoms with Crippen LogP contribution in [0.15, 0.2) is 29.4 Å². The minimum Gasteiger partial charge on any atom is -0.481 e. The molecular weight excluding hydrogens is 244 g/mol. The maximum Gasteiger partial charge on any atom is 0.213 e. The quantitative estimate of drug-likeness (QED) is 0.877. The van der Waals surface area contributed by atoms with E-state index in [4.69, 9.17) is 4.74 Å². The average molecular weight is 257 g/mol. The third kappa shape index (κ3) is 3.89. The van der Waals surface area contributed by atoms with Crippen LogP contribution in [-0.2, 0) is 6.54 Å². The highest BCUT2D eigenvalue weighted by atomic mass is 79.9. The van der Waals surface area contributed by atoms with Gasteiger partial charge in [0.1, 0.15) is 0 Å². The van der Waals surface area contributed by atoms with Gasteiger partial charge in [0.15, 0.2) is 0 Å². The zero-order valence-corrected chi connectivity index (χ0v) is 9.67. The first-order valence-electron chi connectivity index (χ1n) is 4.25. The molecule has 4 heteroatoms. The molecule has 0 amide bonds. The van der Waals surface area contributed by atoms with E-state index in [0.29, 0.717) is 5.88 Å². The van der Waals surface area contributed by atoms with Crippen LogP contribution in [0.1, 0.15) is 5.56 Å². The SMILES string of the molecule is C=C(Br)CNCc1ccnc(OC)c1. The summed E-state index contributed by atoms with van der Waals surface area (Å²) < 4.78 is 5.96. The molecule has 0 aliphatic rings. The summed E-state index contributed by atoms with van der Waals surface area (Å²) in [4.78, 5) is 4.02. The Hall–Kier alpha value is -0.870. The normalized spacial score (nSPS) is 9.86. The summed E-state index contributed by atoms with van der Waals surface area (Å²) >= 11 is 3.28. The maximum absolute atomic E-state index is 5.02. The number of methoxy groups -OCH3 is 1. The number of rotatable bonds is 5. The molecular formula is C10H13BrN2O. The Morgan fingerprint density at radius 3 is 3.14 bits per heavy atom. The van der Waals surface area contributed by atoms with Crippen LogP contribution in [0.3, 0.4) is 0 Å². The highest BCUT2D eigenvalue weighted by Crippen LogP contribution is 2.08. The van der Waals surface area contributed by atoms with Crippen LogP contribution in [0.25, 0.3) is 0 Å². The molecule has 1 rings (SSSR count). The van der Waals surface area contributed by atoms with E-state index in [9.17, 15) is 0 Å². The van der Waals surface area contributed by atoms with Crippen molar-refractivity contribution in [3.63, 3.8) is 0 Å². The van der Waals surface area contributed by atoms with Crippen molar-refractivity contribution in [2.45, 2.75) is 6.54 Å². The molecule has 0 aliphatic carbocycles. The van der Waals surface area contributed by atoms with Crippen LogP contribution in [0.4, 0.5) is 0 Å². The number of pyridine rings is 1. The van der Waals surface area contributed by atoms with Gasteiger partial charge in [-0.15, -0.1) is 0 Å². The van der Waals surface area contributed by atoms with E-state index in [2.05, 4.69) is 32.8 Å². The second kappa shape index (κ2) is 5.78. The monoisotopic (exact) mass is 256 g/mol. The fourth-order valence-corrected chi connectivity index (χ4v) is 1.21. The summed E-state index contributed by atoms with van der Waals surface area (Å²) in [5, 5.41) is 3.22. The third-order valence-corrected chi connectivity index (χ3v) is 1.93. The highest BCUT2D eigenvalue weighted by molar-refractivity contribution is 9.11.